The molecule has 162 valence electrons. The summed E-state index contributed by atoms with van der Waals surface area (Å²) < 4.78 is 40.1. The third-order valence-electron chi connectivity index (χ3n) is 5.07. The molecule has 11 heteroatoms. The lowest BCUT2D eigenvalue weighted by molar-refractivity contribution is -0.384. The number of non-ortho nitro benzene ring substituents is 1. The number of thiazole rings is 1. The zero-order valence-electron chi connectivity index (χ0n) is 16.3. The number of sulfonamides is 1. The molecule has 2 aromatic carbocycles. The molecule has 0 N–H and O–H groups in total. The van der Waals surface area contributed by atoms with E-state index in [1.165, 1.54) is 52.0 Å². The Bertz CT molecular complexity index is 1170. The van der Waals surface area contributed by atoms with Crippen LogP contribution in [0.3, 0.4) is 0 Å². The summed E-state index contributed by atoms with van der Waals surface area (Å²) >= 11 is 1.52. The summed E-state index contributed by atoms with van der Waals surface area (Å²) in [5.41, 5.74) is 1.49. The zero-order valence-corrected chi connectivity index (χ0v) is 18.0. The standard InChI is InChI=1S/C20H19FN4O4S2/c21-16-3-1-15(2-4-16)19-14-30-20(22-19)13-23-9-11-24(12-10-23)31(28,29)18-7-5-17(6-8-18)25(26)27/h1-8,14H,9-13H2. The fourth-order valence-electron chi connectivity index (χ4n) is 3.34. The molecule has 1 aliphatic rings. The SMILES string of the molecule is O=[N+]([O-])c1ccc(S(=O)(=O)N2CCN(Cc3nc(-c4ccc(F)cc4)cs3)CC2)cc1. The van der Waals surface area contributed by atoms with Gasteiger partial charge in [0.15, 0.2) is 0 Å². The highest BCUT2D eigenvalue weighted by Gasteiger charge is 2.29. The molecule has 8 nitrogen and oxygen atoms in total. The van der Waals surface area contributed by atoms with Crippen molar-refractivity contribution in [1.29, 1.82) is 0 Å². The lowest BCUT2D eigenvalue weighted by atomic mass is 10.2. The van der Waals surface area contributed by atoms with Crippen LogP contribution in [0.15, 0.2) is 58.8 Å². The minimum atomic E-state index is -3.70. The second kappa shape index (κ2) is 8.79. The van der Waals surface area contributed by atoms with E-state index in [4.69, 9.17) is 0 Å². The topological polar surface area (TPSA) is 96.6 Å². The van der Waals surface area contributed by atoms with Gasteiger partial charge in [-0.1, -0.05) is 0 Å². The molecule has 0 spiro atoms. The van der Waals surface area contributed by atoms with E-state index in [2.05, 4.69) is 9.88 Å². The third kappa shape index (κ3) is 4.79. The monoisotopic (exact) mass is 462 g/mol. The smallest absolute Gasteiger partial charge is 0.269 e. The minimum Gasteiger partial charge on any atom is -0.294 e. The second-order valence-corrected chi connectivity index (χ2v) is 9.95. The normalized spacial score (nSPS) is 15.8. The number of aromatic nitrogens is 1. The van der Waals surface area contributed by atoms with E-state index in [0.29, 0.717) is 32.7 Å². The molecular formula is C20H19FN4O4S2. The van der Waals surface area contributed by atoms with Crippen LogP contribution in [0.5, 0.6) is 0 Å². The molecule has 0 radical (unpaired) electrons. The van der Waals surface area contributed by atoms with Gasteiger partial charge in [0, 0.05) is 49.3 Å². The van der Waals surface area contributed by atoms with Gasteiger partial charge in [0.25, 0.3) is 5.69 Å². The predicted octanol–water partition coefficient (Wildman–Crippen LogP) is 3.36. The van der Waals surface area contributed by atoms with Crippen LogP contribution in [0, 0.1) is 15.9 Å². The maximum Gasteiger partial charge on any atom is 0.269 e. The maximum absolute atomic E-state index is 13.1. The summed E-state index contributed by atoms with van der Waals surface area (Å²) in [5.74, 6) is -0.291. The van der Waals surface area contributed by atoms with Crippen LogP contribution in [0.2, 0.25) is 0 Å². The lowest BCUT2D eigenvalue weighted by Crippen LogP contribution is -2.48. The number of halogens is 1. The van der Waals surface area contributed by atoms with E-state index in [1.807, 2.05) is 5.38 Å². The highest BCUT2D eigenvalue weighted by Crippen LogP contribution is 2.24. The molecule has 1 aliphatic heterocycles. The number of nitro benzene ring substituents is 1. The van der Waals surface area contributed by atoms with E-state index in [-0.39, 0.29) is 16.4 Å². The Kier molecular flexibility index (Phi) is 6.10. The Morgan fingerprint density at radius 3 is 2.29 bits per heavy atom. The highest BCUT2D eigenvalue weighted by atomic mass is 32.2. The quantitative estimate of drug-likeness (QED) is 0.412. The first-order valence-corrected chi connectivity index (χ1v) is 11.8. The van der Waals surface area contributed by atoms with Crippen molar-refractivity contribution in [3.8, 4) is 11.3 Å². The van der Waals surface area contributed by atoms with Crippen molar-refractivity contribution < 1.29 is 17.7 Å². The molecule has 31 heavy (non-hydrogen) atoms. The van der Waals surface area contributed by atoms with Gasteiger partial charge in [-0.25, -0.2) is 17.8 Å². The molecule has 0 atom stereocenters. The van der Waals surface area contributed by atoms with E-state index < -0.39 is 14.9 Å². The Morgan fingerprint density at radius 1 is 1.03 bits per heavy atom. The molecule has 1 fully saturated rings. The van der Waals surface area contributed by atoms with Gasteiger partial charge in [-0.05, 0) is 36.4 Å². The van der Waals surface area contributed by atoms with E-state index in [1.54, 1.807) is 12.1 Å². The molecule has 1 saturated heterocycles. The van der Waals surface area contributed by atoms with Gasteiger partial charge in [-0.3, -0.25) is 15.0 Å². The van der Waals surface area contributed by atoms with E-state index >= 15 is 0 Å². The summed E-state index contributed by atoms with van der Waals surface area (Å²) in [5, 5.41) is 13.6. The van der Waals surface area contributed by atoms with Crippen LogP contribution in [0.1, 0.15) is 5.01 Å². The van der Waals surface area contributed by atoms with Gasteiger partial charge in [-0.2, -0.15) is 4.31 Å². The molecule has 2 heterocycles. The Hall–Kier alpha value is -2.73. The second-order valence-electron chi connectivity index (χ2n) is 7.06. The number of nitro groups is 1. The van der Waals surface area contributed by atoms with Crippen LogP contribution < -0.4 is 0 Å². The summed E-state index contributed by atoms with van der Waals surface area (Å²) in [6, 6.07) is 11.1. The summed E-state index contributed by atoms with van der Waals surface area (Å²) in [4.78, 5) is 17.0. The number of piperazine rings is 1. The number of nitrogens with zero attached hydrogens (tertiary/aromatic N) is 4. The van der Waals surface area contributed by atoms with Crippen molar-refractivity contribution in [2.75, 3.05) is 26.2 Å². The average Bonchev–Trinajstić information content (AvgIpc) is 3.23. The van der Waals surface area contributed by atoms with E-state index in [9.17, 15) is 22.9 Å². The maximum atomic E-state index is 13.1. The molecule has 1 aromatic heterocycles. The molecule has 0 amide bonds. The number of rotatable bonds is 6. The third-order valence-corrected chi connectivity index (χ3v) is 7.81. The van der Waals surface area contributed by atoms with Gasteiger partial charge in [0.05, 0.1) is 22.1 Å². The highest BCUT2D eigenvalue weighted by molar-refractivity contribution is 7.89. The minimum absolute atomic E-state index is 0.0513. The van der Waals surface area contributed by atoms with Gasteiger partial charge < -0.3 is 0 Å². The van der Waals surface area contributed by atoms with Crippen LogP contribution in [0.4, 0.5) is 10.1 Å². The average molecular weight is 463 g/mol. The molecule has 3 aromatic rings. The number of hydrogen-bond acceptors (Lipinski definition) is 7. The van der Waals surface area contributed by atoms with Gasteiger partial charge in [-0.15, -0.1) is 11.3 Å². The van der Waals surface area contributed by atoms with Crippen molar-refractivity contribution in [2.24, 2.45) is 0 Å². The summed E-state index contributed by atoms with van der Waals surface area (Å²) in [7, 11) is -3.70. The molecule has 0 bridgehead atoms. The van der Waals surface area contributed by atoms with Gasteiger partial charge in [0.1, 0.15) is 10.8 Å². The fourth-order valence-corrected chi connectivity index (χ4v) is 5.61. The first-order valence-electron chi connectivity index (χ1n) is 9.50. The molecular weight excluding hydrogens is 443 g/mol. The first-order chi connectivity index (χ1) is 14.8. The molecule has 0 unspecified atom stereocenters. The van der Waals surface area contributed by atoms with Crippen LogP contribution in [0.25, 0.3) is 11.3 Å². The first kappa shape index (κ1) is 21.5. The largest absolute Gasteiger partial charge is 0.294 e. The number of hydrogen-bond donors (Lipinski definition) is 0. The van der Waals surface area contributed by atoms with Crippen LogP contribution in [-0.2, 0) is 16.6 Å². The molecule has 0 aliphatic carbocycles. The Labute approximate surface area is 182 Å². The van der Waals surface area contributed by atoms with Crippen molar-refractivity contribution in [3.05, 3.63) is 74.9 Å². The molecule has 4 rings (SSSR count). The van der Waals surface area contributed by atoms with Crippen molar-refractivity contribution in [3.63, 3.8) is 0 Å². The van der Waals surface area contributed by atoms with E-state index in [0.717, 1.165) is 16.3 Å². The summed E-state index contributed by atoms with van der Waals surface area (Å²) in [6.07, 6.45) is 0. The Balaban J connectivity index is 1.36. The van der Waals surface area contributed by atoms with Crippen molar-refractivity contribution in [2.45, 2.75) is 11.4 Å². The fraction of sp³-hybridized carbons (Fsp3) is 0.250. The van der Waals surface area contributed by atoms with Crippen LogP contribution in [-0.4, -0.2) is 53.7 Å². The molecule has 0 saturated carbocycles. The lowest BCUT2D eigenvalue weighted by Gasteiger charge is -2.33. The Morgan fingerprint density at radius 2 is 1.68 bits per heavy atom. The summed E-state index contributed by atoms with van der Waals surface area (Å²) in [6.45, 7) is 2.37. The van der Waals surface area contributed by atoms with Gasteiger partial charge >= 0.3 is 0 Å². The van der Waals surface area contributed by atoms with Crippen molar-refractivity contribution >= 4 is 27.0 Å². The van der Waals surface area contributed by atoms with Gasteiger partial charge in [0.2, 0.25) is 10.0 Å². The zero-order chi connectivity index (χ0) is 22.0. The van der Waals surface area contributed by atoms with Crippen molar-refractivity contribution in [1.82, 2.24) is 14.2 Å². The van der Waals surface area contributed by atoms with Crippen LogP contribution >= 0.6 is 11.3 Å². The number of benzene rings is 2. The predicted molar refractivity (Wildman–Crippen MR) is 115 cm³/mol.